The van der Waals surface area contributed by atoms with Crippen LogP contribution in [0.4, 0.5) is 36.6 Å². The number of aryl methyl sites for hydroxylation is 1. The number of rotatable bonds is 6. The van der Waals surface area contributed by atoms with E-state index in [0.717, 1.165) is 18.7 Å². The molecule has 1 aromatic carbocycles. The molecule has 5 aliphatic heterocycles. The van der Waals surface area contributed by atoms with Gasteiger partial charge in [-0.25, -0.2) is 8.78 Å². The summed E-state index contributed by atoms with van der Waals surface area (Å²) in [5.74, 6) is -1.09. The van der Waals surface area contributed by atoms with Crippen LogP contribution in [0.25, 0.3) is 33.1 Å². The number of hydrogen-bond donors (Lipinski definition) is 2. The van der Waals surface area contributed by atoms with E-state index < -0.39 is 57.7 Å². The lowest BCUT2D eigenvalue weighted by Crippen LogP contribution is -2.52. The minimum Gasteiger partial charge on any atom is -0.461 e. The predicted molar refractivity (Wildman–Crippen MR) is 171 cm³/mol. The van der Waals surface area contributed by atoms with Gasteiger partial charge in [-0.1, -0.05) is 0 Å². The van der Waals surface area contributed by atoms with E-state index >= 15 is 4.39 Å². The summed E-state index contributed by atoms with van der Waals surface area (Å²) < 4.78 is 109. The fraction of sp³-hybridized carbons (Fsp3) is 0.500. The fourth-order valence-corrected chi connectivity index (χ4v) is 8.70. The standard InChI is InChI=1S/C34H32F7N9O/c1-17-7-21-24(22(10-42)48-47-21)25(26(17)34(39,40)41)29-27(38)28-20(12-43-29)30(49-13-18-3-5-32(15-49,44-11-18)9-23(36)37)46-31(45-28)51-16-33-4-2-6-50(33)14-19(35)8-33/h7,9,12,18-19,44H,2-6,8,11,13-16H2,1H3,(H,47,48)/t18-,19+,32-,33?/m0/s1. The summed E-state index contributed by atoms with van der Waals surface area (Å²) in [6.07, 6.45) is -3.08. The van der Waals surface area contributed by atoms with Gasteiger partial charge in [-0.2, -0.15) is 42.3 Å². The number of halogens is 7. The number of aromatic nitrogens is 5. The van der Waals surface area contributed by atoms with Gasteiger partial charge >= 0.3 is 12.2 Å². The molecule has 17 heteroatoms. The van der Waals surface area contributed by atoms with Crippen molar-refractivity contribution in [1.82, 2.24) is 35.4 Å². The van der Waals surface area contributed by atoms with Gasteiger partial charge in [0.05, 0.1) is 27.5 Å². The second kappa shape index (κ2) is 12.0. The number of fused-ring (bicyclic) bond motifs is 7. The Kier molecular flexibility index (Phi) is 7.91. The van der Waals surface area contributed by atoms with Crippen LogP contribution >= 0.6 is 0 Å². The summed E-state index contributed by atoms with van der Waals surface area (Å²) in [5, 5.41) is 19.1. The third kappa shape index (κ3) is 5.63. The number of anilines is 1. The molecule has 3 aromatic heterocycles. The summed E-state index contributed by atoms with van der Waals surface area (Å²) in [4.78, 5) is 17.0. The second-order valence-electron chi connectivity index (χ2n) is 14.2. The lowest BCUT2D eigenvalue weighted by Gasteiger charge is -2.35. The summed E-state index contributed by atoms with van der Waals surface area (Å²) in [7, 11) is 0. The molecule has 4 aromatic rings. The highest BCUT2D eigenvalue weighted by Gasteiger charge is 2.50. The van der Waals surface area contributed by atoms with Crippen LogP contribution in [-0.2, 0) is 6.18 Å². The molecule has 0 saturated carbocycles. The molecule has 2 N–H and O–H groups in total. The van der Waals surface area contributed by atoms with E-state index in [-0.39, 0.29) is 71.4 Å². The smallest absolute Gasteiger partial charge is 0.417 e. The molecular formula is C34H32F7N9O. The highest BCUT2D eigenvalue weighted by Crippen LogP contribution is 2.46. The van der Waals surface area contributed by atoms with Crippen molar-refractivity contribution in [2.24, 2.45) is 5.92 Å². The van der Waals surface area contributed by atoms with Crippen LogP contribution in [0.3, 0.4) is 0 Å². The van der Waals surface area contributed by atoms with Crippen LogP contribution in [0.15, 0.2) is 24.4 Å². The van der Waals surface area contributed by atoms with Gasteiger partial charge in [-0.15, -0.1) is 0 Å². The van der Waals surface area contributed by atoms with Gasteiger partial charge in [0.15, 0.2) is 11.5 Å². The number of H-pyrrole nitrogens is 1. The molecule has 0 aliphatic carbocycles. The van der Waals surface area contributed by atoms with Crippen LogP contribution in [0.2, 0.25) is 0 Å². The van der Waals surface area contributed by atoms with Crippen molar-refractivity contribution in [3.63, 3.8) is 0 Å². The number of benzene rings is 1. The molecule has 0 spiro atoms. The van der Waals surface area contributed by atoms with E-state index in [9.17, 15) is 31.6 Å². The summed E-state index contributed by atoms with van der Waals surface area (Å²) >= 11 is 0. The largest absolute Gasteiger partial charge is 0.461 e. The van der Waals surface area contributed by atoms with Crippen molar-refractivity contribution in [2.45, 2.75) is 62.5 Å². The van der Waals surface area contributed by atoms with E-state index in [4.69, 9.17) is 4.74 Å². The van der Waals surface area contributed by atoms with E-state index in [2.05, 4.69) is 30.5 Å². The third-order valence-electron chi connectivity index (χ3n) is 10.9. The van der Waals surface area contributed by atoms with Gasteiger partial charge < -0.3 is 15.0 Å². The van der Waals surface area contributed by atoms with Crippen LogP contribution < -0.4 is 15.0 Å². The molecule has 10 nitrogen and oxygen atoms in total. The first kappa shape index (κ1) is 33.6. The number of hydrogen-bond acceptors (Lipinski definition) is 9. The first-order valence-electron chi connectivity index (χ1n) is 16.7. The van der Waals surface area contributed by atoms with Gasteiger partial charge in [-0.3, -0.25) is 15.0 Å². The van der Waals surface area contributed by atoms with Gasteiger partial charge in [0.1, 0.15) is 35.9 Å². The highest BCUT2D eigenvalue weighted by molar-refractivity contribution is 6.02. The summed E-state index contributed by atoms with van der Waals surface area (Å²) in [6.45, 7) is 2.96. The van der Waals surface area contributed by atoms with Crippen molar-refractivity contribution in [1.29, 1.82) is 5.26 Å². The maximum Gasteiger partial charge on any atom is 0.417 e. The number of ether oxygens (including phenoxy) is 1. The number of aromatic amines is 1. The molecule has 5 saturated heterocycles. The van der Waals surface area contributed by atoms with Crippen LogP contribution in [0, 0.1) is 30.0 Å². The van der Waals surface area contributed by atoms with Crippen molar-refractivity contribution in [3.05, 3.63) is 47.1 Å². The monoisotopic (exact) mass is 715 g/mol. The zero-order valence-corrected chi connectivity index (χ0v) is 27.3. The zero-order chi connectivity index (χ0) is 35.9. The Morgan fingerprint density at radius 1 is 1.22 bits per heavy atom. The molecule has 1 unspecified atom stereocenters. The average molecular weight is 716 g/mol. The Hall–Kier alpha value is -4.56. The van der Waals surface area contributed by atoms with Crippen molar-refractivity contribution in [3.8, 4) is 23.3 Å². The van der Waals surface area contributed by atoms with Crippen LogP contribution in [0.1, 0.15) is 48.9 Å². The zero-order valence-electron chi connectivity index (χ0n) is 27.3. The second-order valence-corrected chi connectivity index (χ2v) is 14.2. The fourth-order valence-electron chi connectivity index (χ4n) is 8.70. The SMILES string of the molecule is Cc1cc2[nH]nc(C#N)c2c(-c2ncc3c(N4C[C@H]5CC[C@](C=C(F)F)(C4)NC5)nc(OCC45CCCN4C[C@H](F)C5)nc3c2F)c1C(F)(F)F. The van der Waals surface area contributed by atoms with Gasteiger partial charge in [0.2, 0.25) is 0 Å². The maximum atomic E-state index is 17.1. The Balaban J connectivity index is 1.32. The highest BCUT2D eigenvalue weighted by atomic mass is 19.4. The minimum absolute atomic E-state index is 0.0148. The summed E-state index contributed by atoms with van der Waals surface area (Å²) in [6, 6.07) is 2.66. The predicted octanol–water partition coefficient (Wildman–Crippen LogP) is 6.20. The van der Waals surface area contributed by atoms with Gasteiger partial charge in [0.25, 0.3) is 6.08 Å². The quantitative estimate of drug-likeness (QED) is 0.225. The van der Waals surface area contributed by atoms with Crippen molar-refractivity contribution in [2.75, 3.05) is 44.2 Å². The van der Waals surface area contributed by atoms with Crippen molar-refractivity contribution >= 4 is 27.6 Å². The minimum atomic E-state index is -4.97. The molecule has 8 heterocycles. The Labute approximate surface area is 286 Å². The molecular weight excluding hydrogens is 683 g/mol. The van der Waals surface area contributed by atoms with Crippen molar-refractivity contribution < 1.29 is 35.5 Å². The normalized spacial score (nSPS) is 26.5. The molecule has 4 atom stereocenters. The molecule has 0 amide bonds. The topological polar surface area (TPSA) is 119 Å². The lowest BCUT2D eigenvalue weighted by atomic mass is 9.86. The van der Waals surface area contributed by atoms with Gasteiger partial charge in [0, 0.05) is 55.8 Å². The number of nitrogens with zero attached hydrogens (tertiary/aromatic N) is 7. The number of piperidine rings is 1. The first-order valence-corrected chi connectivity index (χ1v) is 16.7. The Morgan fingerprint density at radius 3 is 2.76 bits per heavy atom. The Bertz CT molecular complexity index is 2120. The van der Waals surface area contributed by atoms with E-state index in [1.54, 1.807) is 11.0 Å². The summed E-state index contributed by atoms with van der Waals surface area (Å²) in [5.41, 5.74) is -5.29. The number of nitrogens with one attached hydrogen (secondary N) is 2. The van der Waals surface area contributed by atoms with E-state index in [1.807, 2.05) is 4.90 Å². The number of pyridine rings is 1. The lowest BCUT2D eigenvalue weighted by molar-refractivity contribution is -0.137. The van der Waals surface area contributed by atoms with Crippen LogP contribution in [-0.4, -0.2) is 86.6 Å². The number of alkyl halides is 4. The van der Waals surface area contributed by atoms with E-state index in [1.165, 1.54) is 13.0 Å². The van der Waals surface area contributed by atoms with Crippen LogP contribution in [0.5, 0.6) is 6.01 Å². The number of nitriles is 1. The molecule has 9 rings (SSSR count). The molecule has 268 valence electrons. The first-order chi connectivity index (χ1) is 24.3. The van der Waals surface area contributed by atoms with Gasteiger partial charge in [-0.05, 0) is 56.7 Å². The third-order valence-corrected chi connectivity index (χ3v) is 10.9. The molecule has 0 radical (unpaired) electrons. The molecule has 5 aliphatic rings. The maximum absolute atomic E-state index is 17.1. The average Bonchev–Trinajstić information content (AvgIpc) is 3.66. The molecule has 2 bridgehead atoms. The van der Waals surface area contributed by atoms with E-state index in [0.29, 0.717) is 38.9 Å². The molecule has 5 fully saturated rings. The molecule has 51 heavy (non-hydrogen) atoms. The Morgan fingerprint density at radius 2 is 2.04 bits per heavy atom.